The van der Waals surface area contributed by atoms with Gasteiger partial charge >= 0.3 is 0 Å². The predicted molar refractivity (Wildman–Crippen MR) is 72.7 cm³/mol. The Balaban J connectivity index is 4.10. The normalized spacial score (nSPS) is 15.5. The van der Waals surface area contributed by atoms with E-state index in [1.165, 1.54) is 12.8 Å². The average Bonchev–Trinajstić information content (AvgIpc) is 1.73. The molecule has 0 aromatic carbocycles. The van der Waals surface area contributed by atoms with Crippen molar-refractivity contribution in [3.63, 3.8) is 0 Å². The van der Waals surface area contributed by atoms with E-state index in [1.807, 2.05) is 0 Å². The first-order chi connectivity index (χ1) is 6.52. The molecule has 0 amide bonds. The van der Waals surface area contributed by atoms with Crippen molar-refractivity contribution in [2.45, 2.75) is 79.4 Å². The Morgan fingerprint density at radius 2 is 1.33 bits per heavy atom. The van der Waals surface area contributed by atoms with Crippen molar-refractivity contribution in [1.82, 2.24) is 0 Å². The van der Waals surface area contributed by atoms with Crippen molar-refractivity contribution in [2.24, 2.45) is 11.3 Å². The molecule has 0 aromatic rings. The molecular formula is C14H30B. The van der Waals surface area contributed by atoms with Crippen LogP contribution in [0.2, 0.25) is 11.1 Å². The maximum absolute atomic E-state index is 2.55. The van der Waals surface area contributed by atoms with Gasteiger partial charge in [0.25, 0.3) is 0 Å². The van der Waals surface area contributed by atoms with Gasteiger partial charge in [-0.15, -0.1) is 0 Å². The maximum Gasteiger partial charge on any atom is 0.121 e. The molecule has 0 aliphatic carbocycles. The molecule has 0 aliphatic heterocycles. The zero-order chi connectivity index (χ0) is 12.3. The smallest absolute Gasteiger partial charge is 0.0705 e. The SMILES string of the molecule is CC(C)CC(C)(C)[B]C(C)CC(C)(C)C. The molecule has 0 spiro atoms. The minimum absolute atomic E-state index is 0.388. The second kappa shape index (κ2) is 5.41. The molecule has 1 unspecified atom stereocenters. The average molecular weight is 209 g/mol. The number of hydrogen-bond donors (Lipinski definition) is 0. The molecule has 0 aliphatic rings. The van der Waals surface area contributed by atoms with Gasteiger partial charge in [0.1, 0.15) is 7.28 Å². The van der Waals surface area contributed by atoms with Gasteiger partial charge < -0.3 is 0 Å². The third kappa shape index (κ3) is 9.02. The van der Waals surface area contributed by atoms with Gasteiger partial charge in [0.15, 0.2) is 0 Å². The number of hydrogen-bond acceptors (Lipinski definition) is 0. The van der Waals surface area contributed by atoms with Crippen molar-refractivity contribution in [3.8, 4) is 0 Å². The second-order valence-electron chi connectivity index (χ2n) is 7.50. The Morgan fingerprint density at radius 1 is 0.867 bits per heavy atom. The third-order valence-corrected chi connectivity index (χ3v) is 2.60. The Hall–Kier alpha value is 0.0649. The highest BCUT2D eigenvalue weighted by Crippen LogP contribution is 2.38. The van der Waals surface area contributed by atoms with Crippen LogP contribution in [0.3, 0.4) is 0 Å². The highest BCUT2D eigenvalue weighted by molar-refractivity contribution is 6.41. The van der Waals surface area contributed by atoms with E-state index < -0.39 is 0 Å². The first-order valence-electron chi connectivity index (χ1n) is 6.38. The lowest BCUT2D eigenvalue weighted by Crippen LogP contribution is -2.21. The Kier molecular flexibility index (Phi) is 5.43. The van der Waals surface area contributed by atoms with E-state index in [1.54, 1.807) is 0 Å². The molecule has 0 saturated heterocycles. The zero-order valence-corrected chi connectivity index (χ0v) is 12.1. The highest BCUT2D eigenvalue weighted by Gasteiger charge is 2.25. The molecule has 0 heterocycles. The molecule has 0 nitrogen and oxygen atoms in total. The molecule has 89 valence electrons. The fourth-order valence-electron chi connectivity index (χ4n) is 2.92. The van der Waals surface area contributed by atoms with E-state index in [9.17, 15) is 0 Å². The second-order valence-corrected chi connectivity index (χ2v) is 7.50. The van der Waals surface area contributed by atoms with E-state index in [0.29, 0.717) is 10.7 Å². The first-order valence-corrected chi connectivity index (χ1v) is 6.38. The van der Waals surface area contributed by atoms with Gasteiger partial charge in [-0.2, -0.15) is 0 Å². The van der Waals surface area contributed by atoms with Crippen LogP contribution in [0.1, 0.15) is 68.2 Å². The third-order valence-electron chi connectivity index (χ3n) is 2.60. The molecule has 1 heteroatoms. The van der Waals surface area contributed by atoms with Gasteiger partial charge in [-0.1, -0.05) is 79.4 Å². The van der Waals surface area contributed by atoms with Gasteiger partial charge in [0, 0.05) is 0 Å². The van der Waals surface area contributed by atoms with Crippen LogP contribution in [0.4, 0.5) is 0 Å². The molecule has 0 saturated carbocycles. The van der Waals surface area contributed by atoms with Crippen molar-refractivity contribution < 1.29 is 0 Å². The van der Waals surface area contributed by atoms with Crippen molar-refractivity contribution in [2.75, 3.05) is 0 Å². The van der Waals surface area contributed by atoms with Crippen LogP contribution in [-0.4, -0.2) is 7.28 Å². The summed E-state index contributed by atoms with van der Waals surface area (Å²) in [6.45, 7) is 18.7. The van der Waals surface area contributed by atoms with Gasteiger partial charge in [0.2, 0.25) is 0 Å². The minimum Gasteiger partial charge on any atom is -0.0705 e. The first kappa shape index (κ1) is 15.1. The van der Waals surface area contributed by atoms with Crippen molar-refractivity contribution >= 4 is 7.28 Å². The summed E-state index contributed by atoms with van der Waals surface area (Å²) in [5, 5.41) is 0.388. The van der Waals surface area contributed by atoms with Crippen LogP contribution in [0.25, 0.3) is 0 Å². The fraction of sp³-hybridized carbons (Fsp3) is 1.00. The van der Waals surface area contributed by atoms with E-state index >= 15 is 0 Å². The lowest BCUT2D eigenvalue weighted by Gasteiger charge is -2.31. The minimum atomic E-state index is 0.388. The molecule has 15 heavy (non-hydrogen) atoms. The fourth-order valence-corrected chi connectivity index (χ4v) is 2.92. The zero-order valence-electron chi connectivity index (χ0n) is 12.1. The topological polar surface area (TPSA) is 0 Å². The summed E-state index contributed by atoms with van der Waals surface area (Å²) in [6, 6.07) is 0. The Morgan fingerprint density at radius 3 is 1.67 bits per heavy atom. The molecule has 0 N–H and O–H groups in total. The van der Waals surface area contributed by atoms with E-state index in [2.05, 4.69) is 62.7 Å². The molecule has 1 radical (unpaired) electrons. The van der Waals surface area contributed by atoms with Gasteiger partial charge in [0.05, 0.1) is 0 Å². The number of rotatable bonds is 5. The van der Waals surface area contributed by atoms with Crippen LogP contribution in [0, 0.1) is 11.3 Å². The highest BCUT2D eigenvalue weighted by atomic mass is 14.2. The summed E-state index contributed by atoms with van der Waals surface area (Å²) in [5.74, 6) is 1.51. The van der Waals surface area contributed by atoms with Gasteiger partial charge in [-0.05, 0) is 11.3 Å². The van der Waals surface area contributed by atoms with E-state index in [-0.39, 0.29) is 0 Å². The summed E-state index contributed by atoms with van der Waals surface area (Å²) >= 11 is 0. The molecule has 0 aromatic heterocycles. The summed E-state index contributed by atoms with van der Waals surface area (Å²) < 4.78 is 0. The Bertz CT molecular complexity index is 174. The molecule has 0 bridgehead atoms. The van der Waals surface area contributed by atoms with E-state index in [0.717, 1.165) is 11.7 Å². The standard InChI is InChI=1S/C14H30B/c1-11(2)9-14(7,8)15-12(3)10-13(4,5)6/h11-12H,9-10H2,1-8H3. The summed E-state index contributed by atoms with van der Waals surface area (Å²) in [7, 11) is 2.55. The summed E-state index contributed by atoms with van der Waals surface area (Å²) in [4.78, 5) is 0. The van der Waals surface area contributed by atoms with Gasteiger partial charge in [-0.25, -0.2) is 0 Å². The maximum atomic E-state index is 2.55. The lowest BCUT2D eigenvalue weighted by atomic mass is 9.44. The van der Waals surface area contributed by atoms with Crippen LogP contribution in [0.5, 0.6) is 0 Å². The predicted octanol–water partition coefficient (Wildman–Crippen LogP) is 5.18. The molecular weight excluding hydrogens is 179 g/mol. The summed E-state index contributed by atoms with van der Waals surface area (Å²) in [6.07, 6.45) is 2.58. The monoisotopic (exact) mass is 209 g/mol. The van der Waals surface area contributed by atoms with Crippen LogP contribution in [0.15, 0.2) is 0 Å². The van der Waals surface area contributed by atoms with Crippen LogP contribution in [-0.2, 0) is 0 Å². The van der Waals surface area contributed by atoms with Crippen LogP contribution >= 0.6 is 0 Å². The van der Waals surface area contributed by atoms with Crippen molar-refractivity contribution in [1.29, 1.82) is 0 Å². The Labute approximate surface area is 98.5 Å². The molecule has 0 rings (SSSR count). The molecule has 1 atom stereocenters. The van der Waals surface area contributed by atoms with Crippen molar-refractivity contribution in [3.05, 3.63) is 0 Å². The van der Waals surface area contributed by atoms with Crippen LogP contribution < -0.4 is 0 Å². The van der Waals surface area contributed by atoms with E-state index in [4.69, 9.17) is 0 Å². The van der Waals surface area contributed by atoms with Gasteiger partial charge in [-0.3, -0.25) is 0 Å². The summed E-state index contributed by atoms with van der Waals surface area (Å²) in [5.41, 5.74) is 0.448. The quantitative estimate of drug-likeness (QED) is 0.547. The lowest BCUT2D eigenvalue weighted by molar-refractivity contribution is 0.368. The largest absolute Gasteiger partial charge is 0.121 e. The molecule has 0 fully saturated rings.